The van der Waals surface area contributed by atoms with Crippen LogP contribution in [-0.4, -0.2) is 41.5 Å². The highest BCUT2D eigenvalue weighted by atomic mass is 16.1. The topological polar surface area (TPSA) is 48.1 Å². The number of aryl methyl sites for hydroxylation is 1. The second-order valence-corrected chi connectivity index (χ2v) is 8.60. The highest BCUT2D eigenvalue weighted by Crippen LogP contribution is 2.33. The third kappa shape index (κ3) is 6.20. The number of para-hydroxylation sites is 1. The molecular weight excluding hydrogens is 382 g/mol. The lowest BCUT2D eigenvalue weighted by atomic mass is 9.87. The number of carbonyl (C=O) groups is 1. The van der Waals surface area contributed by atoms with E-state index >= 15 is 0 Å². The van der Waals surface area contributed by atoms with Gasteiger partial charge in [-0.3, -0.25) is 4.79 Å². The van der Waals surface area contributed by atoms with Gasteiger partial charge in [0.15, 0.2) is 0 Å². The molecule has 0 aliphatic rings. The number of amides is 1. The molecule has 0 aliphatic carbocycles. The van der Waals surface area contributed by atoms with Crippen molar-refractivity contribution in [2.24, 2.45) is 0 Å². The SMILES string of the molecule is CCN(CC)CCCC(C)NC(=O)CC(c1cccc(C)c1)c1c[nH]c2ccccc12. The number of carbonyl (C=O) groups excluding carboxylic acids is 1. The number of nitrogens with one attached hydrogen (secondary N) is 2. The molecule has 2 N–H and O–H groups in total. The number of fused-ring (bicyclic) bond motifs is 1. The van der Waals surface area contributed by atoms with Crippen molar-refractivity contribution in [3.8, 4) is 0 Å². The molecule has 1 aromatic heterocycles. The summed E-state index contributed by atoms with van der Waals surface area (Å²) in [5.74, 6) is 0.144. The van der Waals surface area contributed by atoms with Gasteiger partial charge in [-0.2, -0.15) is 0 Å². The largest absolute Gasteiger partial charge is 0.361 e. The number of hydrogen-bond acceptors (Lipinski definition) is 2. The molecule has 0 aliphatic heterocycles. The predicted octanol–water partition coefficient (Wildman–Crippen LogP) is 5.63. The van der Waals surface area contributed by atoms with Crippen molar-refractivity contribution in [1.82, 2.24) is 15.2 Å². The average Bonchev–Trinajstić information content (AvgIpc) is 3.19. The third-order valence-corrected chi connectivity index (χ3v) is 6.24. The first-order chi connectivity index (χ1) is 15.0. The Morgan fingerprint density at radius 1 is 1.10 bits per heavy atom. The fourth-order valence-electron chi connectivity index (χ4n) is 4.43. The van der Waals surface area contributed by atoms with Gasteiger partial charge in [0.2, 0.25) is 5.91 Å². The standard InChI is InChI=1S/C27H37N3O/c1-5-30(6-2)16-10-12-21(4)29-27(31)18-24(22-13-9-11-20(3)17-22)25-19-28-26-15-8-7-14-23(25)26/h7-9,11,13-15,17,19,21,24,28H,5-6,10,12,16,18H2,1-4H3,(H,29,31). The van der Waals surface area contributed by atoms with Crippen LogP contribution in [-0.2, 0) is 4.79 Å². The summed E-state index contributed by atoms with van der Waals surface area (Å²) < 4.78 is 0. The third-order valence-electron chi connectivity index (χ3n) is 6.24. The Hall–Kier alpha value is -2.59. The van der Waals surface area contributed by atoms with Crippen LogP contribution < -0.4 is 5.32 Å². The number of aromatic nitrogens is 1. The molecule has 3 rings (SSSR count). The summed E-state index contributed by atoms with van der Waals surface area (Å²) in [6.45, 7) is 11.9. The van der Waals surface area contributed by atoms with E-state index < -0.39 is 0 Å². The summed E-state index contributed by atoms with van der Waals surface area (Å²) in [7, 11) is 0. The Kier molecular flexibility index (Phi) is 8.30. The van der Waals surface area contributed by atoms with Gasteiger partial charge in [0.1, 0.15) is 0 Å². The van der Waals surface area contributed by atoms with E-state index in [0.717, 1.165) is 38.0 Å². The maximum atomic E-state index is 13.0. The van der Waals surface area contributed by atoms with Crippen LogP contribution in [0.4, 0.5) is 0 Å². The lowest BCUT2D eigenvalue weighted by molar-refractivity contribution is -0.121. The van der Waals surface area contributed by atoms with Crippen molar-refractivity contribution < 1.29 is 4.79 Å². The highest BCUT2D eigenvalue weighted by Gasteiger charge is 2.22. The van der Waals surface area contributed by atoms with Gasteiger partial charge in [-0.25, -0.2) is 0 Å². The number of nitrogens with zero attached hydrogens (tertiary/aromatic N) is 1. The lowest BCUT2D eigenvalue weighted by Crippen LogP contribution is -2.34. The maximum absolute atomic E-state index is 13.0. The predicted molar refractivity (Wildman–Crippen MR) is 131 cm³/mol. The number of aromatic amines is 1. The molecule has 0 bridgehead atoms. The first-order valence-corrected chi connectivity index (χ1v) is 11.7. The van der Waals surface area contributed by atoms with Crippen LogP contribution in [0.25, 0.3) is 10.9 Å². The van der Waals surface area contributed by atoms with E-state index in [4.69, 9.17) is 0 Å². The zero-order chi connectivity index (χ0) is 22.2. The quantitative estimate of drug-likeness (QED) is 0.423. The minimum Gasteiger partial charge on any atom is -0.361 e. The van der Waals surface area contributed by atoms with Crippen molar-refractivity contribution in [2.75, 3.05) is 19.6 Å². The first-order valence-electron chi connectivity index (χ1n) is 11.7. The van der Waals surface area contributed by atoms with Crippen LogP contribution in [0.1, 0.15) is 62.6 Å². The Bertz CT molecular complexity index is 973. The van der Waals surface area contributed by atoms with Gasteiger partial charge < -0.3 is 15.2 Å². The molecular formula is C27H37N3O. The van der Waals surface area contributed by atoms with Crippen molar-refractivity contribution in [2.45, 2.75) is 58.9 Å². The van der Waals surface area contributed by atoms with Crippen LogP contribution in [0.5, 0.6) is 0 Å². The van der Waals surface area contributed by atoms with Crippen LogP contribution in [0.15, 0.2) is 54.7 Å². The molecule has 0 spiro atoms. The second-order valence-electron chi connectivity index (χ2n) is 8.60. The molecule has 4 heteroatoms. The van der Waals surface area contributed by atoms with Gasteiger partial charge in [-0.15, -0.1) is 0 Å². The van der Waals surface area contributed by atoms with E-state index in [-0.39, 0.29) is 17.9 Å². The van der Waals surface area contributed by atoms with Crippen molar-refractivity contribution in [1.29, 1.82) is 0 Å². The average molecular weight is 420 g/mol. The van der Waals surface area contributed by atoms with E-state index in [1.165, 1.54) is 22.1 Å². The monoisotopic (exact) mass is 419 g/mol. The molecule has 0 fully saturated rings. The van der Waals surface area contributed by atoms with E-state index in [2.05, 4.69) is 91.6 Å². The molecule has 0 saturated carbocycles. The number of hydrogen-bond donors (Lipinski definition) is 2. The van der Waals surface area contributed by atoms with Crippen LogP contribution >= 0.6 is 0 Å². The van der Waals surface area contributed by atoms with Gasteiger partial charge >= 0.3 is 0 Å². The minimum absolute atomic E-state index is 0.0268. The van der Waals surface area contributed by atoms with Gasteiger partial charge in [-0.1, -0.05) is 61.9 Å². The van der Waals surface area contributed by atoms with E-state index in [9.17, 15) is 4.79 Å². The second kappa shape index (κ2) is 11.1. The molecule has 0 radical (unpaired) electrons. The Morgan fingerprint density at radius 2 is 1.87 bits per heavy atom. The molecule has 4 nitrogen and oxygen atoms in total. The summed E-state index contributed by atoms with van der Waals surface area (Å²) in [5.41, 5.74) is 4.70. The molecule has 3 aromatic rings. The maximum Gasteiger partial charge on any atom is 0.221 e. The summed E-state index contributed by atoms with van der Waals surface area (Å²) in [6.07, 6.45) is 4.63. The minimum atomic E-state index is 0.0268. The van der Waals surface area contributed by atoms with E-state index in [0.29, 0.717) is 6.42 Å². The number of rotatable bonds is 11. The zero-order valence-electron chi connectivity index (χ0n) is 19.4. The summed E-state index contributed by atoms with van der Waals surface area (Å²) in [5, 5.41) is 4.44. The van der Waals surface area contributed by atoms with Crippen LogP contribution in [0.3, 0.4) is 0 Å². The smallest absolute Gasteiger partial charge is 0.221 e. The molecule has 2 unspecified atom stereocenters. The Labute approximate surface area is 187 Å². The normalized spacial score (nSPS) is 13.5. The van der Waals surface area contributed by atoms with Crippen molar-refractivity contribution in [3.05, 3.63) is 71.4 Å². The fraction of sp³-hybridized carbons (Fsp3) is 0.444. The van der Waals surface area contributed by atoms with E-state index in [1.54, 1.807) is 0 Å². The molecule has 1 amide bonds. The van der Waals surface area contributed by atoms with Crippen molar-refractivity contribution >= 4 is 16.8 Å². The van der Waals surface area contributed by atoms with Gasteiger partial charge in [0, 0.05) is 35.5 Å². The van der Waals surface area contributed by atoms with Gasteiger partial charge in [0.05, 0.1) is 0 Å². The molecule has 166 valence electrons. The lowest BCUT2D eigenvalue weighted by Gasteiger charge is -2.21. The molecule has 1 heterocycles. The van der Waals surface area contributed by atoms with E-state index in [1.807, 2.05) is 6.07 Å². The van der Waals surface area contributed by atoms with Crippen LogP contribution in [0.2, 0.25) is 0 Å². The van der Waals surface area contributed by atoms with Gasteiger partial charge in [-0.05, 0) is 63.5 Å². The van der Waals surface area contributed by atoms with Gasteiger partial charge in [0.25, 0.3) is 0 Å². The molecule has 2 aromatic carbocycles. The number of benzene rings is 2. The summed E-state index contributed by atoms with van der Waals surface area (Å²) in [6, 6.07) is 17.0. The molecule has 31 heavy (non-hydrogen) atoms. The fourth-order valence-corrected chi connectivity index (χ4v) is 4.43. The highest BCUT2D eigenvalue weighted by molar-refractivity contribution is 5.86. The number of H-pyrrole nitrogens is 1. The van der Waals surface area contributed by atoms with Crippen molar-refractivity contribution in [3.63, 3.8) is 0 Å². The summed E-state index contributed by atoms with van der Waals surface area (Å²) in [4.78, 5) is 18.8. The first kappa shape index (κ1) is 23.1. The molecule has 2 atom stereocenters. The zero-order valence-corrected chi connectivity index (χ0v) is 19.4. The molecule has 0 saturated heterocycles. The van der Waals surface area contributed by atoms with Crippen LogP contribution in [0, 0.1) is 6.92 Å². The Morgan fingerprint density at radius 3 is 2.61 bits per heavy atom. The summed E-state index contributed by atoms with van der Waals surface area (Å²) >= 11 is 0. The Balaban J connectivity index is 1.71.